The summed E-state index contributed by atoms with van der Waals surface area (Å²) in [5.41, 5.74) is 2.41. The number of carboxylic acids is 1. The highest BCUT2D eigenvalue weighted by Crippen LogP contribution is 2.35. The first-order valence-corrected chi connectivity index (χ1v) is 13.1. The molecule has 37 heavy (non-hydrogen) atoms. The largest absolute Gasteiger partial charge is 0.505 e. The number of sulfonamides is 1. The maximum Gasteiger partial charge on any atom is 0.335 e. The highest BCUT2D eigenvalue weighted by Gasteiger charge is 2.30. The number of rotatable bonds is 8. The van der Waals surface area contributed by atoms with Gasteiger partial charge in [0.05, 0.1) is 10.6 Å². The Morgan fingerprint density at radius 3 is 2.14 bits per heavy atom. The van der Waals surface area contributed by atoms with Crippen LogP contribution in [0.4, 0.5) is 4.39 Å². The fourth-order valence-electron chi connectivity index (χ4n) is 3.75. The van der Waals surface area contributed by atoms with Gasteiger partial charge in [0.15, 0.2) is 5.75 Å². The van der Waals surface area contributed by atoms with Gasteiger partial charge in [0, 0.05) is 18.1 Å². The lowest BCUT2D eigenvalue weighted by Gasteiger charge is -2.24. The summed E-state index contributed by atoms with van der Waals surface area (Å²) >= 11 is 11.9. The molecule has 4 aromatic rings. The molecule has 0 aliphatic carbocycles. The Labute approximate surface area is 223 Å². The van der Waals surface area contributed by atoms with Crippen LogP contribution in [0.5, 0.6) is 5.75 Å². The van der Waals surface area contributed by atoms with E-state index in [0.29, 0.717) is 16.1 Å². The van der Waals surface area contributed by atoms with Crippen LogP contribution in [0.1, 0.15) is 21.5 Å². The van der Waals surface area contributed by atoms with Gasteiger partial charge in [-0.3, -0.25) is 0 Å². The Balaban J connectivity index is 1.78. The zero-order valence-electron chi connectivity index (χ0n) is 19.1. The fraction of sp³-hybridized carbons (Fsp3) is 0.0741. The monoisotopic (exact) mass is 559 g/mol. The second-order valence-electron chi connectivity index (χ2n) is 8.22. The molecule has 190 valence electrons. The third-order valence-corrected chi connectivity index (χ3v) is 7.97. The molecule has 0 aliphatic rings. The van der Waals surface area contributed by atoms with Crippen LogP contribution in [-0.4, -0.2) is 28.9 Å². The molecular formula is C27H20Cl2FNO5S. The molecule has 4 rings (SSSR count). The number of carbonyl (C=O) groups is 1. The number of aromatic hydroxyl groups is 1. The molecule has 0 saturated heterocycles. The van der Waals surface area contributed by atoms with Gasteiger partial charge in [-0.1, -0.05) is 65.7 Å². The van der Waals surface area contributed by atoms with Gasteiger partial charge in [0.2, 0.25) is 10.0 Å². The highest BCUT2D eigenvalue weighted by atomic mass is 35.5. The molecule has 4 aromatic carbocycles. The van der Waals surface area contributed by atoms with E-state index in [1.54, 1.807) is 24.3 Å². The Hall–Kier alpha value is -3.43. The van der Waals surface area contributed by atoms with Crippen molar-refractivity contribution in [1.29, 1.82) is 0 Å². The second kappa shape index (κ2) is 10.9. The van der Waals surface area contributed by atoms with E-state index in [9.17, 15) is 27.8 Å². The van der Waals surface area contributed by atoms with Gasteiger partial charge in [0.25, 0.3) is 0 Å². The third kappa shape index (κ3) is 6.11. The van der Waals surface area contributed by atoms with Gasteiger partial charge in [-0.15, -0.1) is 0 Å². The van der Waals surface area contributed by atoms with E-state index in [0.717, 1.165) is 27.6 Å². The normalized spacial score (nSPS) is 11.6. The molecular weight excluding hydrogens is 540 g/mol. The lowest BCUT2D eigenvalue weighted by molar-refractivity contribution is 0.0696. The number of nitrogens with zero attached hydrogens (tertiary/aromatic N) is 1. The Kier molecular flexibility index (Phi) is 7.85. The summed E-state index contributed by atoms with van der Waals surface area (Å²) in [5, 5.41) is 20.0. The summed E-state index contributed by atoms with van der Waals surface area (Å²) in [5.74, 6) is -2.64. The van der Waals surface area contributed by atoms with Crippen LogP contribution < -0.4 is 0 Å². The summed E-state index contributed by atoms with van der Waals surface area (Å²) in [6.07, 6.45) is 0. The molecule has 2 N–H and O–H groups in total. The average molecular weight is 560 g/mol. The zero-order valence-corrected chi connectivity index (χ0v) is 21.4. The van der Waals surface area contributed by atoms with Crippen molar-refractivity contribution >= 4 is 39.2 Å². The summed E-state index contributed by atoms with van der Waals surface area (Å²) < 4.78 is 42.1. The standard InChI is InChI=1S/C27H20Cl2FNO5S/c28-22-8-6-19(7-9-22)20-3-1-2-18(12-20)16-31(15-17-4-10-23(30)11-5-17)37(35,36)25-14-21(27(33)34)13-24(29)26(25)32/h1-14,32H,15-16H2,(H,33,34). The summed E-state index contributed by atoms with van der Waals surface area (Å²) in [4.78, 5) is 10.9. The minimum absolute atomic E-state index is 0.129. The van der Waals surface area contributed by atoms with Crippen LogP contribution in [0.3, 0.4) is 0 Å². The first-order chi connectivity index (χ1) is 17.5. The van der Waals surface area contributed by atoms with Gasteiger partial charge in [-0.2, -0.15) is 4.31 Å². The van der Waals surface area contributed by atoms with Crippen molar-refractivity contribution in [3.63, 3.8) is 0 Å². The minimum atomic E-state index is -4.48. The van der Waals surface area contributed by atoms with Crippen molar-refractivity contribution in [2.45, 2.75) is 18.0 Å². The zero-order chi connectivity index (χ0) is 26.7. The van der Waals surface area contributed by atoms with Crippen LogP contribution in [0.25, 0.3) is 11.1 Å². The van der Waals surface area contributed by atoms with E-state index in [4.69, 9.17) is 23.2 Å². The van der Waals surface area contributed by atoms with Gasteiger partial charge in [-0.25, -0.2) is 17.6 Å². The van der Waals surface area contributed by atoms with Crippen molar-refractivity contribution in [1.82, 2.24) is 4.31 Å². The lowest BCUT2D eigenvalue weighted by Crippen LogP contribution is -2.30. The number of hydrogen-bond donors (Lipinski definition) is 2. The number of halogens is 3. The average Bonchev–Trinajstić information content (AvgIpc) is 2.87. The van der Waals surface area contributed by atoms with Crippen LogP contribution in [0.15, 0.2) is 89.8 Å². The predicted octanol–water partition coefficient (Wildman–Crippen LogP) is 6.59. The first kappa shape index (κ1) is 26.6. The Morgan fingerprint density at radius 1 is 0.838 bits per heavy atom. The quantitative estimate of drug-likeness (QED) is 0.254. The van der Waals surface area contributed by atoms with Gasteiger partial charge in [-0.05, 0) is 64.7 Å². The topological polar surface area (TPSA) is 94.9 Å². The number of carboxylic acid groups (broad SMARTS) is 1. The molecule has 0 saturated carbocycles. The number of phenolic OH excluding ortho intramolecular Hbond substituents is 1. The van der Waals surface area contributed by atoms with Crippen molar-refractivity contribution in [3.8, 4) is 16.9 Å². The lowest BCUT2D eigenvalue weighted by atomic mass is 10.0. The Bertz CT molecular complexity index is 1560. The molecule has 10 heteroatoms. The van der Waals surface area contributed by atoms with Crippen LogP contribution in [0, 0.1) is 5.82 Å². The van der Waals surface area contributed by atoms with E-state index < -0.39 is 43.0 Å². The smallest absolute Gasteiger partial charge is 0.335 e. The molecule has 0 unspecified atom stereocenters. The maximum atomic E-state index is 13.8. The Morgan fingerprint density at radius 2 is 1.49 bits per heavy atom. The summed E-state index contributed by atoms with van der Waals surface area (Å²) in [6.45, 7) is -0.308. The second-order valence-corrected chi connectivity index (χ2v) is 11.0. The van der Waals surface area contributed by atoms with Gasteiger partial charge in [0.1, 0.15) is 10.7 Å². The molecule has 6 nitrogen and oxygen atoms in total. The molecule has 0 aromatic heterocycles. The summed E-state index contributed by atoms with van der Waals surface area (Å²) in [7, 11) is -4.48. The SMILES string of the molecule is O=C(O)c1cc(Cl)c(O)c(S(=O)(=O)N(Cc2ccc(F)cc2)Cc2cccc(-c3ccc(Cl)cc3)c2)c1. The molecule has 0 amide bonds. The molecule has 0 heterocycles. The van der Waals surface area contributed by atoms with E-state index in [1.807, 2.05) is 24.3 Å². The number of phenols is 1. The van der Waals surface area contributed by atoms with Crippen LogP contribution >= 0.6 is 23.2 Å². The van der Waals surface area contributed by atoms with Crippen LogP contribution in [-0.2, 0) is 23.1 Å². The summed E-state index contributed by atoms with van der Waals surface area (Å²) in [6, 6.07) is 21.5. The van der Waals surface area contributed by atoms with Crippen molar-refractivity contribution in [3.05, 3.63) is 117 Å². The van der Waals surface area contributed by atoms with Crippen molar-refractivity contribution in [2.24, 2.45) is 0 Å². The molecule has 0 atom stereocenters. The van der Waals surface area contributed by atoms with Crippen molar-refractivity contribution in [2.75, 3.05) is 0 Å². The highest BCUT2D eigenvalue weighted by molar-refractivity contribution is 7.89. The van der Waals surface area contributed by atoms with Crippen molar-refractivity contribution < 1.29 is 27.8 Å². The van der Waals surface area contributed by atoms with E-state index in [2.05, 4.69) is 0 Å². The maximum absolute atomic E-state index is 13.8. The van der Waals surface area contributed by atoms with Crippen LogP contribution in [0.2, 0.25) is 10.0 Å². The van der Waals surface area contributed by atoms with Gasteiger partial charge < -0.3 is 10.2 Å². The fourth-order valence-corrected chi connectivity index (χ4v) is 5.70. The number of aromatic carboxylic acids is 1. The molecule has 0 spiro atoms. The molecule has 0 fully saturated rings. The van der Waals surface area contributed by atoms with E-state index >= 15 is 0 Å². The minimum Gasteiger partial charge on any atom is -0.505 e. The molecule has 0 aliphatic heterocycles. The third-order valence-electron chi connectivity index (χ3n) is 5.63. The number of benzene rings is 4. The predicted molar refractivity (Wildman–Crippen MR) is 140 cm³/mol. The molecule has 0 radical (unpaired) electrons. The van der Waals surface area contributed by atoms with E-state index in [-0.39, 0.29) is 13.1 Å². The van der Waals surface area contributed by atoms with Gasteiger partial charge >= 0.3 is 5.97 Å². The molecule has 0 bridgehead atoms. The number of hydrogen-bond acceptors (Lipinski definition) is 4. The first-order valence-electron chi connectivity index (χ1n) is 10.9. The van der Waals surface area contributed by atoms with E-state index in [1.165, 1.54) is 24.3 Å².